The average Bonchev–Trinajstić information content (AvgIpc) is 2.72. The molecule has 3 rings (SSSR count). The van der Waals surface area contributed by atoms with Gasteiger partial charge in [0.1, 0.15) is 17.1 Å². The summed E-state index contributed by atoms with van der Waals surface area (Å²) in [6.07, 6.45) is 1.37. The van der Waals surface area contributed by atoms with E-state index in [9.17, 15) is 10.1 Å². The third-order valence-corrected chi connectivity index (χ3v) is 6.34. The van der Waals surface area contributed by atoms with Gasteiger partial charge in [-0.1, -0.05) is 58.3 Å². The van der Waals surface area contributed by atoms with Crippen molar-refractivity contribution in [1.29, 1.82) is 5.26 Å². The van der Waals surface area contributed by atoms with Crippen molar-refractivity contribution in [3.05, 3.63) is 52.0 Å². The van der Waals surface area contributed by atoms with Gasteiger partial charge in [-0.2, -0.15) is 5.26 Å². The summed E-state index contributed by atoms with van der Waals surface area (Å²) in [5, 5.41) is 10.6. The number of carbonyl (C=O) groups is 1. The smallest absolute Gasteiger partial charge is 0.410 e. The minimum atomic E-state index is -0.504. The number of likely N-dealkylation sites (tertiary alicyclic amines) is 1. The molecule has 0 N–H and O–H groups in total. The topological polar surface area (TPSA) is 62.6 Å². The summed E-state index contributed by atoms with van der Waals surface area (Å²) in [4.78, 5) is 14.9. The second kappa shape index (κ2) is 14.2. The van der Waals surface area contributed by atoms with Gasteiger partial charge in [-0.25, -0.2) is 4.79 Å². The molecular weight excluding hydrogens is 527 g/mol. The lowest BCUT2D eigenvalue weighted by molar-refractivity contribution is 0.0219. The Bertz CT molecular complexity index is 1050. The van der Waals surface area contributed by atoms with E-state index in [4.69, 9.17) is 32.7 Å². The number of ether oxygens (including phenoxy) is 2. The maximum absolute atomic E-state index is 12.3. The number of hydrogen-bond acceptors (Lipinski definition) is 5. The average molecular weight is 568 g/mol. The molecule has 0 spiro atoms. The van der Waals surface area contributed by atoms with E-state index < -0.39 is 5.60 Å². The number of thioether (sulfide) groups is 1. The Kier molecular flexibility index (Phi) is 12.6. The van der Waals surface area contributed by atoms with Crippen LogP contribution >= 0.6 is 35.0 Å². The predicted octanol–water partition coefficient (Wildman–Crippen LogP) is 9.84. The second-order valence-corrected chi connectivity index (χ2v) is 13.5. The van der Waals surface area contributed by atoms with Crippen LogP contribution in [0.15, 0.2) is 41.3 Å². The summed E-state index contributed by atoms with van der Waals surface area (Å²) >= 11 is 13.8. The van der Waals surface area contributed by atoms with Crippen LogP contribution in [-0.4, -0.2) is 34.9 Å². The van der Waals surface area contributed by atoms with Crippen LogP contribution in [-0.2, 0) is 4.74 Å². The molecule has 5 nitrogen and oxygen atoms in total. The number of hydrogen-bond donors (Lipinski definition) is 0. The number of piperidine rings is 1. The number of amides is 1. The lowest BCUT2D eigenvalue weighted by Crippen LogP contribution is -2.42. The summed E-state index contributed by atoms with van der Waals surface area (Å²) in [6, 6.07) is 12.5. The lowest BCUT2D eigenvalue weighted by atomic mass is 10.0. The van der Waals surface area contributed by atoms with Crippen molar-refractivity contribution in [1.82, 2.24) is 4.90 Å². The van der Waals surface area contributed by atoms with E-state index >= 15 is 0 Å². The molecule has 1 saturated heterocycles. The van der Waals surface area contributed by atoms with Crippen LogP contribution in [0, 0.1) is 16.7 Å². The van der Waals surface area contributed by atoms with Gasteiger partial charge in [-0.15, -0.1) is 11.8 Å². The van der Waals surface area contributed by atoms with Crippen molar-refractivity contribution in [2.75, 3.05) is 13.1 Å². The van der Waals surface area contributed by atoms with Crippen molar-refractivity contribution in [3.63, 3.8) is 0 Å². The van der Waals surface area contributed by atoms with E-state index in [0.717, 1.165) is 17.7 Å². The highest BCUT2D eigenvalue weighted by Gasteiger charge is 2.28. The Hall–Kier alpha value is -2.07. The van der Waals surface area contributed by atoms with E-state index in [2.05, 4.69) is 33.8 Å². The van der Waals surface area contributed by atoms with Gasteiger partial charge >= 0.3 is 6.09 Å². The highest BCUT2D eigenvalue weighted by Crippen LogP contribution is 2.39. The standard InChI is InChI=1S/C23H24Cl2N2O3S.C5H12.CH4/c1-23(2,3)30-22(28)27-8-6-19(7-9-27)31-21-10-15(14-26)4-5-20(21)29-18-12-16(24)11-17(25)13-18;1-5(2,3)4;/h4-5,10-13,19H,6-9H2,1-3H3;1-4H3;1H4. The SMILES string of the molecule is C.CC(C)(C)C.CC(C)(C)OC(=O)N1CCC(Sc2cc(C#N)ccc2Oc2cc(Cl)cc(Cl)c2)CC1. The second-order valence-electron chi connectivity index (χ2n) is 11.3. The number of benzene rings is 2. The van der Waals surface area contributed by atoms with Gasteiger partial charge in [-0.05, 0) is 75.4 Å². The molecule has 1 amide bonds. The third kappa shape index (κ3) is 12.8. The van der Waals surface area contributed by atoms with Gasteiger partial charge in [0.15, 0.2) is 0 Å². The van der Waals surface area contributed by atoms with Crippen LogP contribution in [0.2, 0.25) is 10.0 Å². The molecule has 37 heavy (non-hydrogen) atoms. The minimum absolute atomic E-state index is 0. The van der Waals surface area contributed by atoms with Crippen molar-refractivity contribution in [2.24, 2.45) is 5.41 Å². The molecule has 0 atom stereocenters. The van der Waals surface area contributed by atoms with Crippen LogP contribution in [0.3, 0.4) is 0 Å². The molecular formula is C29H40Cl2N2O3S. The van der Waals surface area contributed by atoms with Crippen LogP contribution < -0.4 is 4.74 Å². The number of carbonyl (C=O) groups excluding carboxylic acids is 1. The zero-order valence-electron chi connectivity index (χ0n) is 22.2. The summed E-state index contributed by atoms with van der Waals surface area (Å²) in [5.41, 5.74) is 0.556. The van der Waals surface area contributed by atoms with E-state index in [1.165, 1.54) is 0 Å². The van der Waals surface area contributed by atoms with E-state index in [1.54, 1.807) is 47.0 Å². The van der Waals surface area contributed by atoms with E-state index in [0.29, 0.717) is 45.6 Å². The molecule has 0 bridgehead atoms. The van der Waals surface area contributed by atoms with Crippen molar-refractivity contribution < 1.29 is 14.3 Å². The Labute approximate surface area is 237 Å². The summed E-state index contributed by atoms with van der Waals surface area (Å²) in [5.74, 6) is 1.17. The van der Waals surface area contributed by atoms with E-state index in [1.807, 2.05) is 26.8 Å². The highest BCUT2D eigenvalue weighted by molar-refractivity contribution is 8.00. The Morgan fingerprint density at radius 2 is 1.54 bits per heavy atom. The Morgan fingerprint density at radius 1 is 1.00 bits per heavy atom. The fourth-order valence-corrected chi connectivity index (χ4v) is 4.86. The molecule has 0 saturated carbocycles. The van der Waals surface area contributed by atoms with Crippen molar-refractivity contribution >= 4 is 41.1 Å². The first-order valence-corrected chi connectivity index (χ1v) is 13.6. The first kappa shape index (κ1) is 33.0. The minimum Gasteiger partial charge on any atom is -0.456 e. The van der Waals surface area contributed by atoms with Gasteiger partial charge in [0.2, 0.25) is 0 Å². The summed E-state index contributed by atoms with van der Waals surface area (Å²) in [6.45, 7) is 15.6. The molecule has 2 aromatic rings. The molecule has 0 unspecified atom stereocenters. The van der Waals surface area contributed by atoms with Crippen molar-refractivity contribution in [3.8, 4) is 17.6 Å². The van der Waals surface area contributed by atoms with Gasteiger partial charge in [-0.3, -0.25) is 0 Å². The van der Waals surface area contributed by atoms with Gasteiger partial charge < -0.3 is 14.4 Å². The molecule has 0 aliphatic carbocycles. The highest BCUT2D eigenvalue weighted by atomic mass is 35.5. The number of rotatable bonds is 4. The van der Waals surface area contributed by atoms with Crippen LogP contribution in [0.4, 0.5) is 4.79 Å². The maximum Gasteiger partial charge on any atom is 0.410 e. The molecule has 0 radical (unpaired) electrons. The monoisotopic (exact) mass is 566 g/mol. The zero-order valence-corrected chi connectivity index (χ0v) is 24.5. The largest absolute Gasteiger partial charge is 0.456 e. The molecule has 0 aromatic heterocycles. The Balaban J connectivity index is 0.00000104. The van der Waals surface area contributed by atoms with Crippen LogP contribution in [0.25, 0.3) is 0 Å². The molecule has 1 aliphatic heterocycles. The quantitative estimate of drug-likeness (QED) is 0.368. The normalized spacial score (nSPS) is 14.0. The molecule has 1 aliphatic rings. The maximum atomic E-state index is 12.3. The molecule has 8 heteroatoms. The Morgan fingerprint density at radius 3 is 2.03 bits per heavy atom. The van der Waals surface area contributed by atoms with Gasteiger partial charge in [0.25, 0.3) is 0 Å². The van der Waals surface area contributed by atoms with Crippen LogP contribution in [0.1, 0.15) is 74.3 Å². The predicted molar refractivity (Wildman–Crippen MR) is 156 cm³/mol. The fourth-order valence-electron chi connectivity index (χ4n) is 3.13. The first-order chi connectivity index (χ1) is 16.6. The lowest BCUT2D eigenvalue weighted by Gasteiger charge is -2.33. The van der Waals surface area contributed by atoms with E-state index in [-0.39, 0.29) is 18.8 Å². The number of halogens is 2. The summed E-state index contributed by atoms with van der Waals surface area (Å²) in [7, 11) is 0. The van der Waals surface area contributed by atoms with Gasteiger partial charge in [0, 0.05) is 28.4 Å². The first-order valence-electron chi connectivity index (χ1n) is 12.0. The molecule has 1 heterocycles. The zero-order chi connectivity index (χ0) is 27.1. The molecule has 204 valence electrons. The summed E-state index contributed by atoms with van der Waals surface area (Å²) < 4.78 is 11.5. The molecule has 2 aromatic carbocycles. The fraction of sp³-hybridized carbons (Fsp3) is 0.517. The van der Waals surface area contributed by atoms with Crippen LogP contribution in [0.5, 0.6) is 11.5 Å². The number of nitriles is 1. The van der Waals surface area contributed by atoms with Gasteiger partial charge in [0.05, 0.1) is 16.5 Å². The number of nitrogens with zero attached hydrogens (tertiary/aromatic N) is 2. The third-order valence-electron chi connectivity index (χ3n) is 4.52. The molecule has 1 fully saturated rings. The van der Waals surface area contributed by atoms with Crippen molar-refractivity contribution in [2.45, 2.75) is 84.5 Å².